The van der Waals surface area contributed by atoms with Gasteiger partial charge in [0.15, 0.2) is 5.16 Å². The van der Waals surface area contributed by atoms with Crippen molar-refractivity contribution in [2.45, 2.75) is 88.7 Å². The molecule has 4 atom stereocenters. The molecule has 1 aromatic heterocycles. The summed E-state index contributed by atoms with van der Waals surface area (Å²) in [5.41, 5.74) is 0. The topological polar surface area (TPSA) is 59.8 Å². The summed E-state index contributed by atoms with van der Waals surface area (Å²) in [6, 6.07) is 0.315. The van der Waals surface area contributed by atoms with Crippen LogP contribution in [-0.4, -0.2) is 32.0 Å². The van der Waals surface area contributed by atoms with Crippen LogP contribution >= 0.6 is 11.8 Å². The van der Waals surface area contributed by atoms with E-state index in [1.54, 1.807) is 0 Å². The molecule has 0 aromatic carbocycles. The van der Waals surface area contributed by atoms with Gasteiger partial charge in [-0.2, -0.15) is 0 Å². The first kappa shape index (κ1) is 17.8. The first-order chi connectivity index (χ1) is 11.5. The van der Waals surface area contributed by atoms with E-state index in [0.717, 1.165) is 23.9 Å². The molecule has 1 heterocycles. The average molecular weight is 351 g/mol. The zero-order valence-electron chi connectivity index (χ0n) is 15.3. The van der Waals surface area contributed by atoms with Crippen molar-refractivity contribution in [2.24, 2.45) is 11.8 Å². The summed E-state index contributed by atoms with van der Waals surface area (Å²) in [4.78, 5) is 12.6. The Balaban J connectivity index is 1.60. The molecule has 0 saturated heterocycles. The number of rotatable bonds is 6. The summed E-state index contributed by atoms with van der Waals surface area (Å²) in [7, 11) is 0. The van der Waals surface area contributed by atoms with Crippen LogP contribution in [0.5, 0.6) is 0 Å². The van der Waals surface area contributed by atoms with Gasteiger partial charge in [0.2, 0.25) is 5.91 Å². The molecule has 0 bridgehead atoms. The highest BCUT2D eigenvalue weighted by molar-refractivity contribution is 8.00. The van der Waals surface area contributed by atoms with Crippen molar-refractivity contribution in [3.8, 4) is 0 Å². The van der Waals surface area contributed by atoms with Gasteiger partial charge in [0.05, 0.1) is 5.25 Å². The Morgan fingerprint density at radius 2 is 2.04 bits per heavy atom. The normalized spacial score (nSPS) is 28.6. The lowest BCUT2D eigenvalue weighted by molar-refractivity contribution is -0.121. The number of thioether (sulfide) groups is 1. The Hall–Kier alpha value is -1.04. The third kappa shape index (κ3) is 3.79. The van der Waals surface area contributed by atoms with E-state index in [4.69, 9.17) is 0 Å². The smallest absolute Gasteiger partial charge is 0.233 e. The molecule has 0 unspecified atom stereocenters. The minimum absolute atomic E-state index is 0.129. The molecule has 1 aromatic rings. The lowest BCUT2D eigenvalue weighted by Crippen LogP contribution is -2.46. The second-order valence-corrected chi connectivity index (χ2v) is 8.81. The Morgan fingerprint density at radius 1 is 1.29 bits per heavy atom. The summed E-state index contributed by atoms with van der Waals surface area (Å²) in [5, 5.41) is 12.7. The fraction of sp³-hybridized carbons (Fsp3) is 0.833. The van der Waals surface area contributed by atoms with Gasteiger partial charge in [0, 0.05) is 18.5 Å². The molecule has 2 fully saturated rings. The molecule has 0 radical (unpaired) electrons. The number of hydrogen-bond donors (Lipinski definition) is 1. The molecule has 6 heteroatoms. The molecule has 0 aliphatic heterocycles. The van der Waals surface area contributed by atoms with Crippen LogP contribution in [0, 0.1) is 11.8 Å². The molecular weight excluding hydrogens is 320 g/mol. The fourth-order valence-electron chi connectivity index (χ4n) is 3.63. The largest absolute Gasteiger partial charge is 0.352 e. The molecule has 5 nitrogen and oxygen atoms in total. The van der Waals surface area contributed by atoms with Crippen LogP contribution in [0.4, 0.5) is 0 Å². The van der Waals surface area contributed by atoms with Gasteiger partial charge in [-0.3, -0.25) is 4.79 Å². The third-order valence-electron chi connectivity index (χ3n) is 5.69. The number of carbonyl (C=O) groups excluding carboxylic acids is 1. The second kappa shape index (κ2) is 7.46. The van der Waals surface area contributed by atoms with Crippen molar-refractivity contribution in [3.05, 3.63) is 5.82 Å². The zero-order chi connectivity index (χ0) is 17.3. The Morgan fingerprint density at radius 3 is 2.71 bits per heavy atom. The molecule has 1 amide bonds. The van der Waals surface area contributed by atoms with Gasteiger partial charge in [0.1, 0.15) is 5.82 Å². The predicted molar refractivity (Wildman–Crippen MR) is 97.1 cm³/mol. The quantitative estimate of drug-likeness (QED) is 0.797. The van der Waals surface area contributed by atoms with E-state index in [1.165, 1.54) is 37.4 Å². The maximum absolute atomic E-state index is 12.6. The van der Waals surface area contributed by atoms with Gasteiger partial charge in [-0.1, -0.05) is 38.5 Å². The summed E-state index contributed by atoms with van der Waals surface area (Å²) in [6.07, 6.45) is 6.03. The van der Waals surface area contributed by atoms with Crippen molar-refractivity contribution >= 4 is 17.7 Å². The summed E-state index contributed by atoms with van der Waals surface area (Å²) in [6.45, 7) is 9.52. The SMILES string of the molecule is CCn1c(S[C@H](C)C(=O)N[C@@H]2CCC[C@H](C)[C@@H]2C)nnc1C1CC1. The van der Waals surface area contributed by atoms with E-state index in [9.17, 15) is 4.79 Å². The Bertz CT molecular complexity index is 584. The molecular formula is C18H30N4OS. The van der Waals surface area contributed by atoms with Crippen LogP contribution in [0.25, 0.3) is 0 Å². The van der Waals surface area contributed by atoms with Crippen molar-refractivity contribution in [3.63, 3.8) is 0 Å². The number of hydrogen-bond acceptors (Lipinski definition) is 4. The van der Waals surface area contributed by atoms with Gasteiger partial charge in [-0.25, -0.2) is 0 Å². The molecule has 24 heavy (non-hydrogen) atoms. The number of nitrogens with zero attached hydrogens (tertiary/aromatic N) is 3. The van der Waals surface area contributed by atoms with Crippen molar-refractivity contribution in [2.75, 3.05) is 0 Å². The summed E-state index contributed by atoms with van der Waals surface area (Å²) < 4.78 is 2.18. The Labute approximate surface area is 149 Å². The third-order valence-corrected chi connectivity index (χ3v) is 6.77. The van der Waals surface area contributed by atoms with Gasteiger partial charge in [0.25, 0.3) is 0 Å². The monoisotopic (exact) mass is 350 g/mol. The van der Waals surface area contributed by atoms with Gasteiger partial charge >= 0.3 is 0 Å². The van der Waals surface area contributed by atoms with Crippen LogP contribution in [0.15, 0.2) is 5.16 Å². The highest BCUT2D eigenvalue weighted by atomic mass is 32.2. The lowest BCUT2D eigenvalue weighted by Gasteiger charge is -2.35. The van der Waals surface area contributed by atoms with E-state index in [1.807, 2.05) is 6.92 Å². The number of amides is 1. The molecule has 3 rings (SSSR count). The minimum atomic E-state index is -0.143. The molecule has 0 spiro atoms. The zero-order valence-corrected chi connectivity index (χ0v) is 16.1. The second-order valence-electron chi connectivity index (χ2n) is 7.50. The van der Waals surface area contributed by atoms with Gasteiger partial charge < -0.3 is 9.88 Å². The highest BCUT2D eigenvalue weighted by Gasteiger charge is 2.32. The average Bonchev–Trinajstić information content (AvgIpc) is 3.33. The maximum atomic E-state index is 12.6. The standard InChI is InChI=1S/C18H30N4OS/c1-5-22-16(14-9-10-14)20-21-18(22)24-13(4)17(23)19-15-8-6-7-11(2)12(15)3/h11-15H,5-10H2,1-4H3,(H,19,23)/t11-,12-,13+,15+/m0/s1. The van der Waals surface area contributed by atoms with Crippen LogP contribution in [0.3, 0.4) is 0 Å². The number of carbonyl (C=O) groups is 1. The van der Waals surface area contributed by atoms with Crippen molar-refractivity contribution < 1.29 is 4.79 Å². The van der Waals surface area contributed by atoms with Crippen molar-refractivity contribution in [1.29, 1.82) is 0 Å². The van der Waals surface area contributed by atoms with Crippen LogP contribution in [-0.2, 0) is 11.3 Å². The van der Waals surface area contributed by atoms with Gasteiger partial charge in [-0.05, 0) is 44.9 Å². The first-order valence-electron chi connectivity index (χ1n) is 9.41. The van der Waals surface area contributed by atoms with E-state index in [2.05, 4.69) is 40.9 Å². The lowest BCUT2D eigenvalue weighted by atomic mass is 9.78. The molecule has 134 valence electrons. The molecule has 2 aliphatic carbocycles. The van der Waals surface area contributed by atoms with Gasteiger partial charge in [-0.15, -0.1) is 10.2 Å². The van der Waals surface area contributed by atoms with Crippen LogP contribution in [0.1, 0.15) is 71.5 Å². The van der Waals surface area contributed by atoms with E-state index in [-0.39, 0.29) is 11.2 Å². The maximum Gasteiger partial charge on any atom is 0.233 e. The van der Waals surface area contributed by atoms with E-state index >= 15 is 0 Å². The predicted octanol–water partition coefficient (Wildman–Crippen LogP) is 3.60. The summed E-state index contributed by atoms with van der Waals surface area (Å²) in [5.74, 6) is 3.06. The number of nitrogens with one attached hydrogen (secondary N) is 1. The highest BCUT2D eigenvalue weighted by Crippen LogP contribution is 2.40. The fourth-order valence-corrected chi connectivity index (χ4v) is 4.55. The van der Waals surface area contributed by atoms with Crippen LogP contribution < -0.4 is 5.32 Å². The molecule has 2 saturated carbocycles. The van der Waals surface area contributed by atoms with E-state index in [0.29, 0.717) is 23.8 Å². The summed E-state index contributed by atoms with van der Waals surface area (Å²) >= 11 is 1.54. The number of aromatic nitrogens is 3. The van der Waals surface area contributed by atoms with E-state index < -0.39 is 0 Å². The molecule has 2 aliphatic rings. The minimum Gasteiger partial charge on any atom is -0.352 e. The Kier molecular flexibility index (Phi) is 5.52. The van der Waals surface area contributed by atoms with Crippen LogP contribution in [0.2, 0.25) is 0 Å². The first-order valence-corrected chi connectivity index (χ1v) is 10.3. The van der Waals surface area contributed by atoms with Crippen molar-refractivity contribution in [1.82, 2.24) is 20.1 Å². The molecule has 1 N–H and O–H groups in total.